The smallest absolute Gasteiger partial charge is 0.316 e. The highest BCUT2D eigenvalue weighted by molar-refractivity contribution is 5.87. The molecule has 2 amide bonds. The van der Waals surface area contributed by atoms with Crippen LogP contribution in [0.5, 0.6) is 0 Å². The average Bonchev–Trinajstić information content (AvgIpc) is 2.36. The van der Waals surface area contributed by atoms with Crippen LogP contribution in [0, 0.1) is 0 Å². The van der Waals surface area contributed by atoms with Crippen molar-refractivity contribution >= 4 is 11.7 Å². The molecule has 0 heterocycles. The van der Waals surface area contributed by atoms with Crippen LogP contribution in [0.3, 0.4) is 0 Å². The Kier molecular flexibility index (Phi) is 6.32. The number of hydrogen-bond donors (Lipinski definition) is 3. The molecule has 1 rings (SSSR count). The Morgan fingerprint density at radius 3 is 2.47 bits per heavy atom. The number of urea groups is 1. The summed E-state index contributed by atoms with van der Waals surface area (Å²) in [6, 6.07) is 7.28. The van der Waals surface area contributed by atoms with Gasteiger partial charge in [0.2, 0.25) is 0 Å². The lowest BCUT2D eigenvalue weighted by atomic mass is 10.1. The molecule has 19 heavy (non-hydrogen) atoms. The van der Waals surface area contributed by atoms with Crippen molar-refractivity contribution in [3.8, 4) is 0 Å². The van der Waals surface area contributed by atoms with Gasteiger partial charge in [-0.15, -0.1) is 0 Å². The maximum absolute atomic E-state index is 10.7. The summed E-state index contributed by atoms with van der Waals surface area (Å²) in [6.45, 7) is 7.66. The average molecular weight is 265 g/mol. The topological polar surface area (TPSA) is 76.4 Å². The molecule has 2 unspecified atom stereocenters. The quantitative estimate of drug-likeness (QED) is 0.707. The van der Waals surface area contributed by atoms with Crippen LogP contribution in [-0.4, -0.2) is 25.3 Å². The van der Waals surface area contributed by atoms with Crippen LogP contribution in [-0.2, 0) is 4.74 Å². The van der Waals surface area contributed by atoms with Crippen LogP contribution in [0.15, 0.2) is 24.3 Å². The highest BCUT2D eigenvalue weighted by Crippen LogP contribution is 2.16. The maximum Gasteiger partial charge on any atom is 0.316 e. The van der Waals surface area contributed by atoms with E-state index in [0.717, 1.165) is 18.7 Å². The number of nitrogens with one attached hydrogen (secondary N) is 2. The molecule has 0 fully saturated rings. The number of nitrogens with two attached hydrogens (primary N) is 1. The van der Waals surface area contributed by atoms with E-state index in [2.05, 4.69) is 17.6 Å². The minimum Gasteiger partial charge on any atom is -0.377 e. The van der Waals surface area contributed by atoms with Crippen molar-refractivity contribution in [2.24, 2.45) is 5.73 Å². The van der Waals surface area contributed by atoms with Gasteiger partial charge in [0.1, 0.15) is 0 Å². The van der Waals surface area contributed by atoms with Gasteiger partial charge in [-0.1, -0.05) is 12.1 Å². The van der Waals surface area contributed by atoms with E-state index in [4.69, 9.17) is 10.5 Å². The predicted molar refractivity (Wildman–Crippen MR) is 77.2 cm³/mol. The number of hydrogen-bond acceptors (Lipinski definition) is 3. The lowest BCUT2D eigenvalue weighted by Gasteiger charge is -2.18. The molecule has 0 bridgehead atoms. The third kappa shape index (κ3) is 5.72. The Balaban J connectivity index is 2.48. The van der Waals surface area contributed by atoms with Crippen LogP contribution in [0.25, 0.3) is 0 Å². The number of rotatable bonds is 7. The molecule has 4 N–H and O–H groups in total. The first kappa shape index (κ1) is 15.5. The zero-order chi connectivity index (χ0) is 14.3. The SMILES string of the molecule is CCOC(C)CNC(C)c1ccc(NC(N)=O)cc1. The maximum atomic E-state index is 10.7. The van der Waals surface area contributed by atoms with Crippen LogP contribution in [0.4, 0.5) is 10.5 Å². The third-order valence-corrected chi connectivity index (χ3v) is 2.84. The molecule has 0 aliphatic heterocycles. The van der Waals surface area contributed by atoms with Gasteiger partial charge in [-0.25, -0.2) is 4.79 Å². The summed E-state index contributed by atoms with van der Waals surface area (Å²) in [5, 5.41) is 5.94. The predicted octanol–water partition coefficient (Wildman–Crippen LogP) is 2.25. The summed E-state index contributed by atoms with van der Waals surface area (Å²) in [5.41, 5.74) is 6.91. The molecule has 0 aliphatic rings. The van der Waals surface area contributed by atoms with E-state index in [0.29, 0.717) is 5.69 Å². The van der Waals surface area contributed by atoms with Gasteiger partial charge in [0.15, 0.2) is 0 Å². The second-order valence-electron chi connectivity index (χ2n) is 4.51. The van der Waals surface area contributed by atoms with E-state index in [1.807, 2.05) is 38.1 Å². The van der Waals surface area contributed by atoms with E-state index < -0.39 is 6.03 Å². The molecule has 5 nitrogen and oxygen atoms in total. The standard InChI is InChI=1S/C14H23N3O2/c1-4-19-10(2)9-16-11(3)12-5-7-13(8-6-12)17-14(15)18/h5-8,10-11,16H,4,9H2,1-3H3,(H3,15,17,18). The molecular weight excluding hydrogens is 242 g/mol. The van der Waals surface area contributed by atoms with Gasteiger partial charge in [-0.05, 0) is 38.5 Å². The van der Waals surface area contributed by atoms with Gasteiger partial charge in [-0.2, -0.15) is 0 Å². The molecule has 1 aromatic rings. The van der Waals surface area contributed by atoms with Gasteiger partial charge in [0.25, 0.3) is 0 Å². The number of carbonyl (C=O) groups is 1. The highest BCUT2D eigenvalue weighted by atomic mass is 16.5. The van der Waals surface area contributed by atoms with Crippen molar-refractivity contribution in [2.75, 3.05) is 18.5 Å². The van der Waals surface area contributed by atoms with Gasteiger partial charge in [0, 0.05) is 24.9 Å². The first-order chi connectivity index (χ1) is 9.02. The summed E-state index contributed by atoms with van der Waals surface area (Å²) >= 11 is 0. The van der Waals surface area contributed by atoms with E-state index in [1.54, 1.807) is 0 Å². The molecular formula is C14H23N3O2. The molecule has 106 valence electrons. The number of primary amides is 1. The molecule has 0 saturated heterocycles. The summed E-state index contributed by atoms with van der Waals surface area (Å²) in [5.74, 6) is 0. The second-order valence-corrected chi connectivity index (χ2v) is 4.51. The Morgan fingerprint density at radius 1 is 1.32 bits per heavy atom. The van der Waals surface area contributed by atoms with Crippen LogP contribution < -0.4 is 16.4 Å². The lowest BCUT2D eigenvalue weighted by Crippen LogP contribution is -2.29. The summed E-state index contributed by atoms with van der Waals surface area (Å²) in [4.78, 5) is 10.7. The number of anilines is 1. The van der Waals surface area contributed by atoms with Gasteiger partial charge >= 0.3 is 6.03 Å². The summed E-state index contributed by atoms with van der Waals surface area (Å²) in [7, 11) is 0. The molecule has 0 aromatic heterocycles. The molecule has 5 heteroatoms. The molecule has 1 aromatic carbocycles. The van der Waals surface area contributed by atoms with Crippen molar-refractivity contribution in [2.45, 2.75) is 32.9 Å². The monoisotopic (exact) mass is 265 g/mol. The molecule has 2 atom stereocenters. The first-order valence-electron chi connectivity index (χ1n) is 6.54. The fourth-order valence-corrected chi connectivity index (χ4v) is 1.80. The Morgan fingerprint density at radius 2 is 1.95 bits per heavy atom. The zero-order valence-electron chi connectivity index (χ0n) is 11.8. The molecule has 0 radical (unpaired) electrons. The van der Waals surface area contributed by atoms with Crippen LogP contribution in [0.1, 0.15) is 32.4 Å². The minimum atomic E-state index is -0.551. The number of amides is 2. The van der Waals surface area contributed by atoms with Crippen molar-refractivity contribution in [3.05, 3.63) is 29.8 Å². The van der Waals surface area contributed by atoms with Crippen molar-refractivity contribution in [1.82, 2.24) is 5.32 Å². The van der Waals surface area contributed by atoms with Gasteiger partial charge in [-0.3, -0.25) is 0 Å². The summed E-state index contributed by atoms with van der Waals surface area (Å²) < 4.78 is 5.47. The van der Waals surface area contributed by atoms with Crippen LogP contribution in [0.2, 0.25) is 0 Å². The number of benzene rings is 1. The van der Waals surface area contributed by atoms with Gasteiger partial charge in [0.05, 0.1) is 6.10 Å². The largest absolute Gasteiger partial charge is 0.377 e. The molecule has 0 aliphatic carbocycles. The minimum absolute atomic E-state index is 0.197. The van der Waals surface area contributed by atoms with Crippen molar-refractivity contribution in [1.29, 1.82) is 0 Å². The number of ether oxygens (including phenoxy) is 1. The van der Waals surface area contributed by atoms with E-state index >= 15 is 0 Å². The second kappa shape index (κ2) is 7.76. The molecule has 0 spiro atoms. The Hall–Kier alpha value is -1.59. The Bertz CT molecular complexity index is 392. The van der Waals surface area contributed by atoms with E-state index in [-0.39, 0.29) is 12.1 Å². The fraction of sp³-hybridized carbons (Fsp3) is 0.500. The highest BCUT2D eigenvalue weighted by Gasteiger charge is 2.07. The molecule has 0 saturated carbocycles. The zero-order valence-corrected chi connectivity index (χ0v) is 11.8. The first-order valence-corrected chi connectivity index (χ1v) is 6.54. The number of carbonyl (C=O) groups excluding carboxylic acids is 1. The van der Waals surface area contributed by atoms with Gasteiger partial charge < -0.3 is 21.1 Å². The van der Waals surface area contributed by atoms with Crippen molar-refractivity contribution in [3.63, 3.8) is 0 Å². The van der Waals surface area contributed by atoms with Crippen LogP contribution >= 0.6 is 0 Å². The van der Waals surface area contributed by atoms with E-state index in [9.17, 15) is 4.79 Å². The van der Waals surface area contributed by atoms with E-state index in [1.165, 1.54) is 0 Å². The van der Waals surface area contributed by atoms with Crippen molar-refractivity contribution < 1.29 is 9.53 Å². The Labute approximate surface area is 114 Å². The lowest BCUT2D eigenvalue weighted by molar-refractivity contribution is 0.0743. The normalized spacial score (nSPS) is 13.8. The fourth-order valence-electron chi connectivity index (χ4n) is 1.80. The third-order valence-electron chi connectivity index (χ3n) is 2.84. The summed E-state index contributed by atoms with van der Waals surface area (Å²) in [6.07, 6.45) is 0.197.